The molecule has 8 nitrogen and oxygen atoms in total. The minimum absolute atomic E-state index is 0.0195. The normalized spacial score (nSPS) is 11.1. The number of benzene rings is 1. The van der Waals surface area contributed by atoms with Gasteiger partial charge in [-0.3, -0.25) is 9.59 Å². The number of anilines is 1. The van der Waals surface area contributed by atoms with E-state index in [1.165, 1.54) is 17.4 Å². The lowest BCUT2D eigenvalue weighted by Crippen LogP contribution is -2.16. The van der Waals surface area contributed by atoms with Crippen molar-refractivity contribution in [3.05, 3.63) is 45.3 Å². The molecule has 2 heterocycles. The smallest absolute Gasteiger partial charge is 0.266 e. The minimum atomic E-state index is -0.420. The van der Waals surface area contributed by atoms with Gasteiger partial charge < -0.3 is 25.8 Å². The molecule has 0 aliphatic heterocycles. The van der Waals surface area contributed by atoms with Gasteiger partial charge in [0.2, 0.25) is 0 Å². The number of thiophene rings is 1. The van der Waals surface area contributed by atoms with Crippen LogP contribution in [0.25, 0.3) is 11.3 Å². The van der Waals surface area contributed by atoms with Gasteiger partial charge in [-0.15, -0.1) is 11.3 Å². The summed E-state index contributed by atoms with van der Waals surface area (Å²) in [5, 5.41) is 28.9. The molecule has 1 amide bonds. The van der Waals surface area contributed by atoms with E-state index in [1.54, 1.807) is 18.4 Å². The van der Waals surface area contributed by atoms with Gasteiger partial charge in [-0.1, -0.05) is 19.0 Å². The van der Waals surface area contributed by atoms with Crippen LogP contribution in [0.5, 0.6) is 11.5 Å². The third-order valence-electron chi connectivity index (χ3n) is 4.65. The number of nitrogens with two attached hydrogens (primary N) is 1. The van der Waals surface area contributed by atoms with Gasteiger partial charge in [0.1, 0.15) is 17.2 Å². The quantitative estimate of drug-likeness (QED) is 0.416. The number of nitrogens with zero attached hydrogens (tertiary/aromatic N) is 1. The predicted molar refractivity (Wildman–Crippen MR) is 114 cm³/mol. The van der Waals surface area contributed by atoms with Crippen molar-refractivity contribution in [2.24, 2.45) is 5.73 Å². The van der Waals surface area contributed by atoms with E-state index in [4.69, 9.17) is 10.3 Å². The number of Topliss-reactive ketones (excluding diaryl/α,β-unsaturated/α-hetero) is 1. The van der Waals surface area contributed by atoms with Crippen LogP contribution in [0, 0.1) is 6.92 Å². The second-order valence-electron chi connectivity index (χ2n) is 7.17. The number of aryl methyl sites for hydroxylation is 1. The second kappa shape index (κ2) is 8.68. The van der Waals surface area contributed by atoms with E-state index in [9.17, 15) is 19.8 Å². The zero-order chi connectivity index (χ0) is 22.0. The van der Waals surface area contributed by atoms with Crippen LogP contribution in [0.15, 0.2) is 28.1 Å². The molecule has 3 rings (SSSR count). The van der Waals surface area contributed by atoms with Gasteiger partial charge in [0.05, 0.1) is 10.4 Å². The average molecular weight is 429 g/mol. The van der Waals surface area contributed by atoms with Gasteiger partial charge in [-0.25, -0.2) is 0 Å². The predicted octanol–water partition coefficient (Wildman–Crippen LogP) is 4.03. The Hall–Kier alpha value is -3.17. The molecular weight excluding hydrogens is 406 g/mol. The number of carbonyl (C=O) groups is 2. The van der Waals surface area contributed by atoms with Crippen LogP contribution in [0.2, 0.25) is 0 Å². The van der Waals surface area contributed by atoms with E-state index in [0.29, 0.717) is 10.4 Å². The summed E-state index contributed by atoms with van der Waals surface area (Å²) in [6, 6.07) is 4.57. The van der Waals surface area contributed by atoms with E-state index in [2.05, 4.69) is 10.5 Å². The van der Waals surface area contributed by atoms with Crippen LogP contribution >= 0.6 is 11.3 Å². The molecule has 0 radical (unpaired) electrons. The number of phenols is 2. The summed E-state index contributed by atoms with van der Waals surface area (Å²) in [5.41, 5.74) is 7.04. The summed E-state index contributed by atoms with van der Waals surface area (Å²) >= 11 is 1.27. The standard InChI is InChI=1S/C21H23N3O5S/c1-10(2)12-8-13(16(27)9-15(12)26)19-18(17(24-29-19)14(25)4-6-22)23-21(28)20-11(3)5-7-30-20/h5,7-10,26-27H,4,6,22H2,1-3H3,(H,23,28). The first-order valence-corrected chi connectivity index (χ1v) is 10.3. The minimum Gasteiger partial charge on any atom is -0.508 e. The SMILES string of the molecule is Cc1ccsc1C(=O)Nc1c(C(=O)CCN)noc1-c1cc(C(C)C)c(O)cc1O. The van der Waals surface area contributed by atoms with E-state index in [0.717, 1.165) is 5.56 Å². The van der Waals surface area contributed by atoms with Crippen LogP contribution < -0.4 is 11.1 Å². The van der Waals surface area contributed by atoms with Gasteiger partial charge in [-0.05, 0) is 48.0 Å². The Morgan fingerprint density at radius 3 is 2.60 bits per heavy atom. The molecule has 0 saturated carbocycles. The number of nitrogens with one attached hydrogen (secondary N) is 1. The fourth-order valence-corrected chi connectivity index (χ4v) is 3.86. The fourth-order valence-electron chi connectivity index (χ4n) is 3.04. The number of amides is 1. The fraction of sp³-hybridized carbons (Fsp3) is 0.286. The Labute approximate surface area is 177 Å². The van der Waals surface area contributed by atoms with Gasteiger partial charge >= 0.3 is 0 Å². The van der Waals surface area contributed by atoms with Crippen molar-refractivity contribution in [3.63, 3.8) is 0 Å². The number of ketones is 1. The highest BCUT2D eigenvalue weighted by atomic mass is 32.1. The summed E-state index contributed by atoms with van der Waals surface area (Å²) in [7, 11) is 0. The van der Waals surface area contributed by atoms with Crippen molar-refractivity contribution in [1.29, 1.82) is 0 Å². The van der Waals surface area contributed by atoms with E-state index in [-0.39, 0.29) is 53.1 Å². The molecule has 0 aliphatic rings. The molecule has 5 N–H and O–H groups in total. The Bertz CT molecular complexity index is 1100. The summed E-state index contributed by atoms with van der Waals surface area (Å²) in [6.07, 6.45) is 0.0195. The zero-order valence-electron chi connectivity index (χ0n) is 16.9. The number of carbonyl (C=O) groups excluding carboxylic acids is 2. The van der Waals surface area contributed by atoms with Gasteiger partial charge in [0.15, 0.2) is 17.2 Å². The third kappa shape index (κ3) is 4.07. The molecule has 0 bridgehead atoms. The largest absolute Gasteiger partial charge is 0.508 e. The molecule has 2 aromatic heterocycles. The van der Waals surface area contributed by atoms with Gasteiger partial charge in [-0.2, -0.15) is 0 Å². The molecule has 0 unspecified atom stereocenters. The Balaban J connectivity index is 2.14. The summed E-state index contributed by atoms with van der Waals surface area (Å²) < 4.78 is 5.39. The molecule has 0 atom stereocenters. The summed E-state index contributed by atoms with van der Waals surface area (Å²) in [5.74, 6) is -1.17. The molecule has 1 aromatic carbocycles. The highest BCUT2D eigenvalue weighted by Crippen LogP contribution is 2.42. The van der Waals surface area contributed by atoms with Gasteiger partial charge in [0, 0.05) is 12.5 Å². The molecule has 0 fully saturated rings. The number of aromatic nitrogens is 1. The highest BCUT2D eigenvalue weighted by Gasteiger charge is 2.27. The lowest BCUT2D eigenvalue weighted by atomic mass is 9.97. The van der Waals surface area contributed by atoms with Crippen molar-refractivity contribution in [2.75, 3.05) is 11.9 Å². The van der Waals surface area contributed by atoms with E-state index >= 15 is 0 Å². The lowest BCUT2D eigenvalue weighted by Gasteiger charge is -2.12. The van der Waals surface area contributed by atoms with Crippen LogP contribution in [0.3, 0.4) is 0 Å². The number of hydrogen-bond acceptors (Lipinski definition) is 8. The molecule has 158 valence electrons. The topological polar surface area (TPSA) is 139 Å². The monoisotopic (exact) mass is 429 g/mol. The van der Waals surface area contributed by atoms with Crippen molar-refractivity contribution >= 4 is 28.7 Å². The van der Waals surface area contributed by atoms with Crippen LogP contribution in [0.1, 0.15) is 57.5 Å². The van der Waals surface area contributed by atoms with Crippen molar-refractivity contribution in [2.45, 2.75) is 33.1 Å². The zero-order valence-corrected chi connectivity index (χ0v) is 17.7. The van der Waals surface area contributed by atoms with Crippen molar-refractivity contribution < 1.29 is 24.3 Å². The molecule has 0 aliphatic carbocycles. The Kier molecular flexibility index (Phi) is 6.23. The molecule has 9 heteroatoms. The third-order valence-corrected chi connectivity index (χ3v) is 5.66. The van der Waals surface area contributed by atoms with E-state index < -0.39 is 11.7 Å². The number of hydrogen-bond donors (Lipinski definition) is 4. The van der Waals surface area contributed by atoms with Crippen molar-refractivity contribution in [3.8, 4) is 22.8 Å². The van der Waals surface area contributed by atoms with Crippen molar-refractivity contribution in [1.82, 2.24) is 5.16 Å². The van der Waals surface area contributed by atoms with Crippen LogP contribution in [-0.2, 0) is 0 Å². The Morgan fingerprint density at radius 2 is 2.00 bits per heavy atom. The summed E-state index contributed by atoms with van der Waals surface area (Å²) in [4.78, 5) is 25.8. The molecule has 0 saturated heterocycles. The van der Waals surface area contributed by atoms with E-state index in [1.807, 2.05) is 19.9 Å². The first-order chi connectivity index (χ1) is 14.2. The molecule has 0 spiro atoms. The number of rotatable bonds is 7. The maximum atomic E-state index is 12.8. The van der Waals surface area contributed by atoms with Crippen LogP contribution in [-0.4, -0.2) is 33.6 Å². The molecule has 30 heavy (non-hydrogen) atoms. The van der Waals surface area contributed by atoms with Crippen LogP contribution in [0.4, 0.5) is 5.69 Å². The summed E-state index contributed by atoms with van der Waals surface area (Å²) in [6.45, 7) is 5.69. The number of aromatic hydroxyl groups is 2. The van der Waals surface area contributed by atoms with Gasteiger partial charge in [0.25, 0.3) is 5.91 Å². The Morgan fingerprint density at radius 1 is 1.27 bits per heavy atom. The first kappa shape index (κ1) is 21.5. The second-order valence-corrected chi connectivity index (χ2v) is 8.08. The molecular formula is C21H23N3O5S. The maximum absolute atomic E-state index is 12.8. The lowest BCUT2D eigenvalue weighted by molar-refractivity contribution is 0.0977. The molecule has 3 aromatic rings. The average Bonchev–Trinajstić information content (AvgIpc) is 3.28. The first-order valence-electron chi connectivity index (χ1n) is 9.39. The highest BCUT2D eigenvalue weighted by molar-refractivity contribution is 7.12. The maximum Gasteiger partial charge on any atom is 0.266 e. The number of phenolic OH excluding ortho intramolecular Hbond substituents is 2.